The molecule has 0 aliphatic heterocycles. The summed E-state index contributed by atoms with van der Waals surface area (Å²) >= 11 is 0. The standard InChI is InChI=1S/C5H10O3/c1-4(2)8-3-5(6)7/h4H,3H2,1-2H3,(H,6,7). The number of ether oxygens (including phenoxy) is 1. The topological polar surface area (TPSA) is 46.5 Å². The molecule has 0 fully saturated rings. The van der Waals surface area contributed by atoms with Crippen molar-refractivity contribution in [3.05, 3.63) is 0 Å². The van der Waals surface area contributed by atoms with Gasteiger partial charge in [-0.1, -0.05) is 0 Å². The predicted molar refractivity (Wildman–Crippen MR) is 28.7 cm³/mol. The molecule has 3 nitrogen and oxygen atoms in total. The Balaban J connectivity index is 3.05. The van der Waals surface area contributed by atoms with E-state index in [-0.39, 0.29) is 12.7 Å². The Labute approximate surface area is 48.3 Å². The van der Waals surface area contributed by atoms with Crippen molar-refractivity contribution in [3.8, 4) is 0 Å². The predicted octanol–water partition coefficient (Wildman–Crippen LogP) is 0.496. The summed E-state index contributed by atoms with van der Waals surface area (Å²) in [5.74, 6) is -0.918. The molecular weight excluding hydrogens is 108 g/mol. The van der Waals surface area contributed by atoms with Crippen molar-refractivity contribution in [2.75, 3.05) is 6.61 Å². The maximum atomic E-state index is 9.78. The second-order valence-corrected chi connectivity index (χ2v) is 1.75. The van der Waals surface area contributed by atoms with E-state index in [1.54, 1.807) is 13.8 Å². The van der Waals surface area contributed by atoms with Crippen LogP contribution in [0.5, 0.6) is 0 Å². The zero-order valence-corrected chi connectivity index (χ0v) is 5.05. The Bertz CT molecular complexity index is 77.7. The van der Waals surface area contributed by atoms with Crippen molar-refractivity contribution in [2.45, 2.75) is 20.0 Å². The largest absolute Gasteiger partial charge is 0.480 e. The van der Waals surface area contributed by atoms with Crippen LogP contribution in [-0.2, 0) is 9.53 Å². The van der Waals surface area contributed by atoms with E-state index in [9.17, 15) is 4.79 Å². The van der Waals surface area contributed by atoms with Crippen molar-refractivity contribution in [2.24, 2.45) is 0 Å². The number of hydrogen-bond acceptors (Lipinski definition) is 2. The maximum Gasteiger partial charge on any atom is 0.329 e. The molecule has 0 spiro atoms. The Hall–Kier alpha value is -0.570. The first-order valence-electron chi connectivity index (χ1n) is 2.46. The highest BCUT2D eigenvalue weighted by Gasteiger charge is 1.97. The van der Waals surface area contributed by atoms with Gasteiger partial charge in [0.25, 0.3) is 0 Å². The first-order chi connectivity index (χ1) is 3.63. The lowest BCUT2D eigenvalue weighted by Crippen LogP contribution is -2.11. The lowest BCUT2D eigenvalue weighted by atomic mass is 10.5. The third-order valence-electron chi connectivity index (χ3n) is 0.540. The van der Waals surface area contributed by atoms with E-state index in [2.05, 4.69) is 0 Å². The van der Waals surface area contributed by atoms with Crippen molar-refractivity contribution in [1.29, 1.82) is 0 Å². The van der Waals surface area contributed by atoms with Crippen LogP contribution in [-0.4, -0.2) is 23.8 Å². The molecule has 0 aromatic rings. The molecule has 0 atom stereocenters. The molecule has 8 heavy (non-hydrogen) atoms. The molecule has 0 saturated heterocycles. The van der Waals surface area contributed by atoms with Gasteiger partial charge in [-0.15, -0.1) is 0 Å². The number of rotatable bonds is 3. The highest BCUT2D eigenvalue weighted by atomic mass is 16.5. The van der Waals surface area contributed by atoms with E-state index < -0.39 is 5.97 Å². The fraction of sp³-hybridized carbons (Fsp3) is 0.800. The van der Waals surface area contributed by atoms with Crippen LogP contribution in [0.25, 0.3) is 0 Å². The number of carboxylic acids is 1. The third kappa shape index (κ3) is 5.43. The highest BCUT2D eigenvalue weighted by molar-refractivity contribution is 5.67. The molecular formula is C5H10O3. The minimum atomic E-state index is -0.918. The van der Waals surface area contributed by atoms with Crippen molar-refractivity contribution in [1.82, 2.24) is 0 Å². The number of carbonyl (C=O) groups is 1. The molecule has 0 rings (SSSR count). The molecule has 0 amide bonds. The van der Waals surface area contributed by atoms with E-state index in [1.165, 1.54) is 0 Å². The van der Waals surface area contributed by atoms with Crippen LogP contribution in [0.1, 0.15) is 13.8 Å². The van der Waals surface area contributed by atoms with Gasteiger partial charge in [0.2, 0.25) is 0 Å². The van der Waals surface area contributed by atoms with Crippen LogP contribution in [0.15, 0.2) is 0 Å². The summed E-state index contributed by atoms with van der Waals surface area (Å²) in [5, 5.41) is 8.04. The summed E-state index contributed by atoms with van der Waals surface area (Å²) in [6.07, 6.45) is 0.00565. The SMILES string of the molecule is CC(C)OCC(=O)O. The van der Waals surface area contributed by atoms with E-state index in [1.807, 2.05) is 0 Å². The lowest BCUT2D eigenvalue weighted by molar-refractivity contribution is -0.143. The highest BCUT2D eigenvalue weighted by Crippen LogP contribution is 1.84. The number of hydrogen-bond donors (Lipinski definition) is 1. The van der Waals surface area contributed by atoms with Crippen molar-refractivity contribution >= 4 is 5.97 Å². The molecule has 0 unspecified atom stereocenters. The lowest BCUT2D eigenvalue weighted by Gasteiger charge is -2.01. The van der Waals surface area contributed by atoms with Crippen molar-refractivity contribution in [3.63, 3.8) is 0 Å². The minimum absolute atomic E-state index is 0.00565. The van der Waals surface area contributed by atoms with Gasteiger partial charge < -0.3 is 9.84 Å². The Morgan fingerprint density at radius 3 is 2.38 bits per heavy atom. The third-order valence-corrected chi connectivity index (χ3v) is 0.540. The monoisotopic (exact) mass is 118 g/mol. The van der Waals surface area contributed by atoms with E-state index in [0.717, 1.165) is 0 Å². The molecule has 0 aliphatic carbocycles. The molecule has 0 aromatic carbocycles. The molecule has 0 saturated carbocycles. The number of aliphatic carboxylic acids is 1. The van der Waals surface area contributed by atoms with Gasteiger partial charge in [0, 0.05) is 0 Å². The van der Waals surface area contributed by atoms with Crippen LogP contribution in [0.4, 0.5) is 0 Å². The molecule has 3 heteroatoms. The van der Waals surface area contributed by atoms with E-state index in [4.69, 9.17) is 9.84 Å². The molecule has 0 radical (unpaired) electrons. The van der Waals surface area contributed by atoms with E-state index >= 15 is 0 Å². The van der Waals surface area contributed by atoms with Crippen LogP contribution in [0, 0.1) is 0 Å². The maximum absolute atomic E-state index is 9.78. The summed E-state index contributed by atoms with van der Waals surface area (Å²) in [6.45, 7) is 3.39. The van der Waals surface area contributed by atoms with Gasteiger partial charge in [0.15, 0.2) is 0 Å². The summed E-state index contributed by atoms with van der Waals surface area (Å²) in [7, 11) is 0. The van der Waals surface area contributed by atoms with Crippen LogP contribution in [0.2, 0.25) is 0 Å². The van der Waals surface area contributed by atoms with E-state index in [0.29, 0.717) is 0 Å². The van der Waals surface area contributed by atoms with Gasteiger partial charge >= 0.3 is 5.97 Å². The van der Waals surface area contributed by atoms with Gasteiger partial charge in [-0.2, -0.15) is 0 Å². The first kappa shape index (κ1) is 7.43. The molecule has 48 valence electrons. The molecule has 0 bridgehead atoms. The summed E-state index contributed by atoms with van der Waals surface area (Å²) in [6, 6.07) is 0. The Morgan fingerprint density at radius 2 is 2.25 bits per heavy atom. The summed E-state index contributed by atoms with van der Waals surface area (Å²) < 4.78 is 4.70. The van der Waals surface area contributed by atoms with Gasteiger partial charge in [-0.3, -0.25) is 0 Å². The van der Waals surface area contributed by atoms with Crippen LogP contribution in [0.3, 0.4) is 0 Å². The average Bonchev–Trinajstić information content (AvgIpc) is 1.61. The normalized spacial score (nSPS) is 9.88. The van der Waals surface area contributed by atoms with Gasteiger partial charge in [0.1, 0.15) is 6.61 Å². The molecule has 0 aliphatic rings. The minimum Gasteiger partial charge on any atom is -0.480 e. The second kappa shape index (κ2) is 3.43. The zero-order valence-electron chi connectivity index (χ0n) is 5.05. The van der Waals surface area contributed by atoms with Gasteiger partial charge in [0.05, 0.1) is 6.10 Å². The summed E-state index contributed by atoms with van der Waals surface area (Å²) in [5.41, 5.74) is 0. The average molecular weight is 118 g/mol. The smallest absolute Gasteiger partial charge is 0.329 e. The number of carboxylic acid groups (broad SMARTS) is 1. The fourth-order valence-corrected chi connectivity index (χ4v) is 0.238. The van der Waals surface area contributed by atoms with Gasteiger partial charge in [-0.05, 0) is 13.8 Å². The zero-order chi connectivity index (χ0) is 6.57. The molecule has 0 aromatic heterocycles. The Kier molecular flexibility index (Phi) is 3.19. The first-order valence-corrected chi connectivity index (χ1v) is 2.46. The molecule has 1 N–H and O–H groups in total. The Morgan fingerprint density at radius 1 is 1.75 bits per heavy atom. The van der Waals surface area contributed by atoms with Crippen molar-refractivity contribution < 1.29 is 14.6 Å². The quantitative estimate of drug-likeness (QED) is 0.586. The fourth-order valence-electron chi connectivity index (χ4n) is 0.238. The van der Waals surface area contributed by atoms with Gasteiger partial charge in [-0.25, -0.2) is 4.79 Å². The second-order valence-electron chi connectivity index (χ2n) is 1.75. The van der Waals surface area contributed by atoms with Crippen LogP contribution < -0.4 is 0 Å². The summed E-state index contributed by atoms with van der Waals surface area (Å²) in [4.78, 5) is 9.78. The van der Waals surface area contributed by atoms with Crippen LogP contribution >= 0.6 is 0 Å². The molecule has 0 heterocycles.